The largest absolute Gasteiger partial charge is 0.417 e. The highest BCUT2D eigenvalue weighted by molar-refractivity contribution is 6.31. The number of rotatable bonds is 3. The van der Waals surface area contributed by atoms with Crippen molar-refractivity contribution in [1.82, 2.24) is 4.98 Å². The molecule has 0 spiro atoms. The van der Waals surface area contributed by atoms with Gasteiger partial charge in [-0.15, -0.1) is 0 Å². The summed E-state index contributed by atoms with van der Waals surface area (Å²) in [5, 5.41) is 12.7. The van der Waals surface area contributed by atoms with Crippen LogP contribution in [0.5, 0.6) is 0 Å². The number of alkyl halides is 3. The molecule has 110 valence electrons. The van der Waals surface area contributed by atoms with Gasteiger partial charge in [0.05, 0.1) is 11.3 Å². The molecule has 0 saturated carbocycles. The smallest absolute Gasteiger partial charge is 0.411 e. The lowest BCUT2D eigenvalue weighted by molar-refractivity contribution is -0.137. The molecular formula is C14H10ClF3N2O. The van der Waals surface area contributed by atoms with E-state index in [4.69, 9.17) is 16.8 Å². The molecule has 7 heteroatoms. The fraction of sp³-hybridized carbons (Fsp3) is 0.143. The van der Waals surface area contributed by atoms with E-state index in [1.807, 2.05) is 0 Å². The van der Waals surface area contributed by atoms with Crippen LogP contribution in [0, 0.1) is 0 Å². The minimum Gasteiger partial charge on any atom is -0.411 e. The summed E-state index contributed by atoms with van der Waals surface area (Å²) in [5.41, 5.74) is 0.378. The normalized spacial score (nSPS) is 12.5. The van der Waals surface area contributed by atoms with E-state index in [0.29, 0.717) is 16.3 Å². The van der Waals surface area contributed by atoms with Gasteiger partial charge in [-0.2, -0.15) is 13.2 Å². The van der Waals surface area contributed by atoms with Crippen molar-refractivity contribution in [1.29, 1.82) is 0 Å². The molecule has 0 aliphatic carbocycles. The van der Waals surface area contributed by atoms with Gasteiger partial charge in [0.15, 0.2) is 0 Å². The molecule has 2 rings (SSSR count). The van der Waals surface area contributed by atoms with Gasteiger partial charge in [-0.3, -0.25) is 4.98 Å². The summed E-state index contributed by atoms with van der Waals surface area (Å²) in [5.74, 6) is 0. The van der Waals surface area contributed by atoms with Crippen molar-refractivity contribution in [2.45, 2.75) is 12.6 Å². The molecule has 0 unspecified atom stereocenters. The van der Waals surface area contributed by atoms with Gasteiger partial charge in [0.1, 0.15) is 0 Å². The Labute approximate surface area is 123 Å². The Morgan fingerprint density at radius 2 is 2.00 bits per heavy atom. The lowest BCUT2D eigenvalue weighted by Gasteiger charge is -2.08. The van der Waals surface area contributed by atoms with E-state index in [1.54, 1.807) is 24.3 Å². The molecule has 0 radical (unpaired) electrons. The van der Waals surface area contributed by atoms with Crippen LogP contribution in [0.2, 0.25) is 5.02 Å². The lowest BCUT2D eigenvalue weighted by Crippen LogP contribution is -2.09. The van der Waals surface area contributed by atoms with E-state index in [9.17, 15) is 13.2 Å². The predicted molar refractivity (Wildman–Crippen MR) is 72.7 cm³/mol. The average Bonchev–Trinajstić information content (AvgIpc) is 2.44. The maximum Gasteiger partial charge on any atom is 0.417 e. The monoisotopic (exact) mass is 314 g/mol. The van der Waals surface area contributed by atoms with E-state index in [2.05, 4.69) is 10.1 Å². The van der Waals surface area contributed by atoms with Crippen molar-refractivity contribution < 1.29 is 18.4 Å². The Bertz CT molecular complexity index is 654. The van der Waals surface area contributed by atoms with Crippen molar-refractivity contribution in [3.8, 4) is 0 Å². The van der Waals surface area contributed by atoms with Crippen LogP contribution >= 0.6 is 11.6 Å². The van der Waals surface area contributed by atoms with Gasteiger partial charge in [0.25, 0.3) is 0 Å². The molecule has 0 atom stereocenters. The van der Waals surface area contributed by atoms with Crippen molar-refractivity contribution in [3.63, 3.8) is 0 Å². The average molecular weight is 315 g/mol. The van der Waals surface area contributed by atoms with Crippen LogP contribution in [-0.2, 0) is 12.6 Å². The van der Waals surface area contributed by atoms with Gasteiger partial charge in [-0.25, -0.2) is 0 Å². The highest BCUT2D eigenvalue weighted by Crippen LogP contribution is 2.28. The summed E-state index contributed by atoms with van der Waals surface area (Å²) in [7, 11) is 0. The summed E-state index contributed by atoms with van der Waals surface area (Å²) < 4.78 is 37.3. The van der Waals surface area contributed by atoms with Crippen LogP contribution < -0.4 is 0 Å². The summed E-state index contributed by atoms with van der Waals surface area (Å²) in [6.45, 7) is 0. The van der Waals surface area contributed by atoms with E-state index >= 15 is 0 Å². The molecule has 0 aliphatic heterocycles. The molecule has 0 aliphatic rings. The van der Waals surface area contributed by atoms with Crippen LogP contribution in [0.4, 0.5) is 13.2 Å². The molecule has 2 aromatic rings. The molecule has 0 fully saturated rings. The third-order valence-electron chi connectivity index (χ3n) is 2.78. The highest BCUT2D eigenvalue weighted by atomic mass is 35.5. The zero-order valence-electron chi connectivity index (χ0n) is 10.6. The van der Waals surface area contributed by atoms with E-state index in [0.717, 1.165) is 12.3 Å². The second kappa shape index (κ2) is 6.13. The van der Waals surface area contributed by atoms with Crippen LogP contribution in [0.25, 0.3) is 0 Å². The first-order chi connectivity index (χ1) is 9.90. The summed E-state index contributed by atoms with van der Waals surface area (Å²) in [6.07, 6.45) is -3.58. The van der Waals surface area contributed by atoms with Crippen molar-refractivity contribution >= 4 is 17.3 Å². The minimum absolute atomic E-state index is 0.0922. The number of aromatic nitrogens is 1. The fourth-order valence-corrected chi connectivity index (χ4v) is 1.92. The number of hydrogen-bond acceptors (Lipinski definition) is 3. The third kappa shape index (κ3) is 3.95. The van der Waals surface area contributed by atoms with Crippen LogP contribution in [0.3, 0.4) is 0 Å². The zero-order chi connectivity index (χ0) is 15.5. The van der Waals surface area contributed by atoms with Gasteiger partial charge < -0.3 is 5.21 Å². The Hall–Kier alpha value is -2.08. The molecule has 0 amide bonds. The van der Waals surface area contributed by atoms with Gasteiger partial charge >= 0.3 is 6.18 Å². The molecule has 1 N–H and O–H groups in total. The van der Waals surface area contributed by atoms with E-state index in [1.165, 1.54) is 6.07 Å². The first-order valence-corrected chi connectivity index (χ1v) is 6.27. The second-order valence-electron chi connectivity index (χ2n) is 4.27. The van der Waals surface area contributed by atoms with Crippen molar-refractivity contribution in [2.24, 2.45) is 5.16 Å². The van der Waals surface area contributed by atoms with Gasteiger partial charge in [-0.05, 0) is 24.3 Å². The highest BCUT2D eigenvalue weighted by Gasteiger charge is 2.30. The number of benzene rings is 1. The molecule has 0 bridgehead atoms. The number of halogens is 4. The molecular weight excluding hydrogens is 305 g/mol. The topological polar surface area (TPSA) is 45.5 Å². The van der Waals surface area contributed by atoms with Crippen LogP contribution in [0.1, 0.15) is 16.8 Å². The summed E-state index contributed by atoms with van der Waals surface area (Å²) >= 11 is 5.84. The number of oxime groups is 1. The molecule has 1 aromatic heterocycles. The maximum absolute atomic E-state index is 12.4. The van der Waals surface area contributed by atoms with E-state index in [-0.39, 0.29) is 12.1 Å². The molecule has 21 heavy (non-hydrogen) atoms. The van der Waals surface area contributed by atoms with Crippen molar-refractivity contribution in [3.05, 3.63) is 64.4 Å². The Morgan fingerprint density at radius 1 is 1.24 bits per heavy atom. The summed E-state index contributed by atoms with van der Waals surface area (Å²) in [6, 6.07) is 8.82. The standard InChI is InChI=1S/C14H10ClF3N2O/c15-11-3-1-2-9(6-11)13(20-21)7-12-5-4-10(8-19-12)14(16,17)18/h1-6,8,21H,7H2/b20-13-. The molecule has 1 heterocycles. The number of nitrogens with zero attached hydrogens (tertiary/aromatic N) is 2. The summed E-state index contributed by atoms with van der Waals surface area (Å²) in [4.78, 5) is 3.74. The quantitative estimate of drug-likeness (QED) is 0.525. The Kier molecular flexibility index (Phi) is 4.47. The Morgan fingerprint density at radius 3 is 2.52 bits per heavy atom. The molecule has 1 aromatic carbocycles. The van der Waals surface area contributed by atoms with Gasteiger partial charge in [-0.1, -0.05) is 28.9 Å². The number of pyridine rings is 1. The lowest BCUT2D eigenvalue weighted by atomic mass is 10.1. The zero-order valence-corrected chi connectivity index (χ0v) is 11.4. The van der Waals surface area contributed by atoms with Crippen LogP contribution in [-0.4, -0.2) is 15.9 Å². The predicted octanol–water partition coefficient (Wildman–Crippen LogP) is 4.17. The number of hydrogen-bond donors (Lipinski definition) is 1. The fourth-order valence-electron chi connectivity index (χ4n) is 1.73. The first-order valence-electron chi connectivity index (χ1n) is 5.89. The maximum atomic E-state index is 12.4. The minimum atomic E-state index is -4.42. The van der Waals surface area contributed by atoms with Gasteiger partial charge in [0.2, 0.25) is 0 Å². The third-order valence-corrected chi connectivity index (χ3v) is 3.01. The SMILES string of the molecule is O/N=C(/Cc1ccc(C(F)(F)F)cn1)c1cccc(Cl)c1. The molecule has 3 nitrogen and oxygen atoms in total. The molecule has 0 saturated heterocycles. The second-order valence-corrected chi connectivity index (χ2v) is 4.71. The Balaban J connectivity index is 2.20. The van der Waals surface area contributed by atoms with Gasteiger partial charge in [0, 0.05) is 28.9 Å². The van der Waals surface area contributed by atoms with E-state index < -0.39 is 11.7 Å². The first kappa shape index (κ1) is 15.3. The van der Waals surface area contributed by atoms with Crippen LogP contribution in [0.15, 0.2) is 47.8 Å². The van der Waals surface area contributed by atoms with Crippen molar-refractivity contribution in [2.75, 3.05) is 0 Å².